The molecule has 5 heteroatoms. The molecule has 0 amide bonds. The summed E-state index contributed by atoms with van der Waals surface area (Å²) in [6.45, 7) is 0.123. The third-order valence-corrected chi connectivity index (χ3v) is 4.48. The SMILES string of the molecule is O=C(CC1(OCc2ccccc2)C=CC=C(c2ccccc2)C1)C(F)(F)F. The van der Waals surface area contributed by atoms with Crippen molar-refractivity contribution in [3.63, 3.8) is 0 Å². The van der Waals surface area contributed by atoms with Crippen LogP contribution in [0.1, 0.15) is 24.0 Å². The first-order chi connectivity index (χ1) is 12.9. The predicted octanol–water partition coefficient (Wildman–Crippen LogP) is 5.51. The largest absolute Gasteiger partial charge is 0.450 e. The minimum atomic E-state index is -4.88. The molecule has 0 aromatic heterocycles. The van der Waals surface area contributed by atoms with E-state index in [1.165, 1.54) is 0 Å². The smallest absolute Gasteiger partial charge is 0.365 e. The molecule has 1 aliphatic carbocycles. The van der Waals surface area contributed by atoms with Gasteiger partial charge in [-0.25, -0.2) is 0 Å². The summed E-state index contributed by atoms with van der Waals surface area (Å²) in [5.41, 5.74) is 1.23. The Morgan fingerprint density at radius 2 is 1.63 bits per heavy atom. The molecule has 0 radical (unpaired) electrons. The van der Waals surface area contributed by atoms with Crippen LogP contribution in [0, 0.1) is 0 Å². The van der Waals surface area contributed by atoms with E-state index in [1.54, 1.807) is 12.2 Å². The topological polar surface area (TPSA) is 26.3 Å². The number of carbonyl (C=O) groups is 1. The van der Waals surface area contributed by atoms with Crippen LogP contribution in [0.4, 0.5) is 13.2 Å². The first kappa shape index (κ1) is 19.1. The van der Waals surface area contributed by atoms with E-state index >= 15 is 0 Å². The van der Waals surface area contributed by atoms with Gasteiger partial charge < -0.3 is 4.74 Å². The van der Waals surface area contributed by atoms with E-state index in [0.717, 1.165) is 16.7 Å². The lowest BCUT2D eigenvalue weighted by atomic mass is 9.82. The average molecular weight is 372 g/mol. The molecule has 2 nitrogen and oxygen atoms in total. The highest BCUT2D eigenvalue weighted by Crippen LogP contribution is 2.37. The first-order valence-electron chi connectivity index (χ1n) is 8.60. The van der Waals surface area contributed by atoms with Gasteiger partial charge in [0.25, 0.3) is 0 Å². The Morgan fingerprint density at radius 1 is 1.00 bits per heavy atom. The zero-order valence-electron chi connectivity index (χ0n) is 14.6. The summed E-state index contributed by atoms with van der Waals surface area (Å²) in [6.07, 6.45) is -0.360. The zero-order valence-corrected chi connectivity index (χ0v) is 14.6. The lowest BCUT2D eigenvalue weighted by Gasteiger charge is -2.34. The molecule has 1 unspecified atom stereocenters. The average Bonchev–Trinajstić information content (AvgIpc) is 2.67. The van der Waals surface area contributed by atoms with Crippen LogP contribution in [0.2, 0.25) is 0 Å². The molecule has 3 rings (SSSR count). The molecule has 0 spiro atoms. The molecule has 0 bridgehead atoms. The van der Waals surface area contributed by atoms with Gasteiger partial charge in [-0.05, 0) is 16.7 Å². The van der Waals surface area contributed by atoms with Crippen molar-refractivity contribution in [2.45, 2.75) is 31.2 Å². The molecule has 0 saturated carbocycles. The Bertz CT molecular complexity index is 839. The van der Waals surface area contributed by atoms with Gasteiger partial charge in [-0.1, -0.05) is 78.9 Å². The molecule has 0 aliphatic heterocycles. The number of hydrogen-bond acceptors (Lipinski definition) is 2. The van der Waals surface area contributed by atoms with E-state index in [0.29, 0.717) is 0 Å². The Labute approximate surface area is 156 Å². The second kappa shape index (κ2) is 7.92. The molecule has 1 aliphatic rings. The van der Waals surface area contributed by atoms with Crippen LogP contribution in [0.3, 0.4) is 0 Å². The van der Waals surface area contributed by atoms with E-state index in [4.69, 9.17) is 4.74 Å². The number of Topliss-reactive ketones (excluding diaryl/α,β-unsaturated/α-hetero) is 1. The summed E-state index contributed by atoms with van der Waals surface area (Å²) >= 11 is 0. The van der Waals surface area contributed by atoms with Gasteiger partial charge in [-0.2, -0.15) is 13.2 Å². The van der Waals surface area contributed by atoms with Crippen molar-refractivity contribution in [2.24, 2.45) is 0 Å². The second-order valence-corrected chi connectivity index (χ2v) is 6.53. The summed E-state index contributed by atoms with van der Waals surface area (Å²) in [4.78, 5) is 11.7. The van der Waals surface area contributed by atoms with Gasteiger partial charge in [0.2, 0.25) is 5.78 Å². The van der Waals surface area contributed by atoms with Crippen LogP contribution in [0.15, 0.2) is 78.9 Å². The zero-order chi connectivity index (χ0) is 19.3. The molecule has 0 heterocycles. The lowest BCUT2D eigenvalue weighted by Crippen LogP contribution is -2.38. The maximum absolute atomic E-state index is 12.9. The number of alkyl halides is 3. The number of ketones is 1. The standard InChI is InChI=1S/C22H19F3O2/c23-22(24,25)20(26)15-21(27-16-17-8-3-1-4-9-17)13-7-12-19(14-21)18-10-5-2-6-11-18/h1-13H,14-16H2. The Kier molecular flexibility index (Phi) is 5.61. The quantitative estimate of drug-likeness (QED) is 0.669. The van der Waals surface area contributed by atoms with E-state index in [-0.39, 0.29) is 13.0 Å². The van der Waals surface area contributed by atoms with Crippen molar-refractivity contribution in [2.75, 3.05) is 0 Å². The Morgan fingerprint density at radius 3 is 2.26 bits per heavy atom. The molecule has 0 saturated heterocycles. The van der Waals surface area contributed by atoms with Gasteiger partial charge in [0, 0.05) is 12.8 Å². The van der Waals surface area contributed by atoms with Crippen molar-refractivity contribution < 1.29 is 22.7 Å². The monoisotopic (exact) mass is 372 g/mol. The number of benzene rings is 2. The number of halogens is 3. The van der Waals surface area contributed by atoms with Crippen LogP contribution in [0.5, 0.6) is 0 Å². The van der Waals surface area contributed by atoms with Gasteiger partial charge in [-0.15, -0.1) is 0 Å². The van der Waals surface area contributed by atoms with Crippen molar-refractivity contribution in [1.82, 2.24) is 0 Å². The fourth-order valence-electron chi connectivity index (χ4n) is 3.08. The number of carbonyl (C=O) groups excluding carboxylic acids is 1. The summed E-state index contributed by atoms with van der Waals surface area (Å²) in [6, 6.07) is 18.6. The number of allylic oxidation sites excluding steroid dienone is 2. The fraction of sp³-hybridized carbons (Fsp3) is 0.227. The molecule has 0 N–H and O–H groups in total. The van der Waals surface area contributed by atoms with Crippen molar-refractivity contribution in [3.05, 3.63) is 90.0 Å². The molecular weight excluding hydrogens is 353 g/mol. The van der Waals surface area contributed by atoms with Gasteiger partial charge in [0.15, 0.2) is 0 Å². The van der Waals surface area contributed by atoms with Crippen LogP contribution in [-0.2, 0) is 16.1 Å². The highest BCUT2D eigenvalue weighted by Gasteiger charge is 2.44. The van der Waals surface area contributed by atoms with E-state index in [9.17, 15) is 18.0 Å². The highest BCUT2D eigenvalue weighted by molar-refractivity contribution is 5.86. The van der Waals surface area contributed by atoms with Crippen LogP contribution in [-0.4, -0.2) is 17.6 Å². The van der Waals surface area contributed by atoms with Gasteiger partial charge in [0.1, 0.15) is 0 Å². The summed E-state index contributed by atoms with van der Waals surface area (Å²) in [5, 5.41) is 0. The van der Waals surface area contributed by atoms with Gasteiger partial charge in [0.05, 0.1) is 12.2 Å². The minimum absolute atomic E-state index is 0.123. The summed E-state index contributed by atoms with van der Waals surface area (Å²) in [5.74, 6) is -1.78. The molecule has 0 fully saturated rings. The lowest BCUT2D eigenvalue weighted by molar-refractivity contribution is -0.176. The Balaban J connectivity index is 1.85. The third kappa shape index (κ3) is 4.95. The molecule has 1 atom stereocenters. The van der Waals surface area contributed by atoms with Crippen LogP contribution in [0.25, 0.3) is 5.57 Å². The minimum Gasteiger partial charge on any atom is -0.365 e. The predicted molar refractivity (Wildman–Crippen MR) is 97.8 cm³/mol. The van der Waals surface area contributed by atoms with E-state index in [2.05, 4.69) is 0 Å². The number of ether oxygens (including phenoxy) is 1. The molecule has 2 aromatic carbocycles. The van der Waals surface area contributed by atoms with Crippen LogP contribution >= 0.6 is 0 Å². The van der Waals surface area contributed by atoms with E-state index < -0.39 is 24.0 Å². The summed E-state index contributed by atoms with van der Waals surface area (Å²) < 4.78 is 44.7. The maximum atomic E-state index is 12.9. The normalized spacial score (nSPS) is 19.6. The molecule has 140 valence electrons. The van der Waals surface area contributed by atoms with Crippen molar-refractivity contribution in [1.29, 1.82) is 0 Å². The Hall–Kier alpha value is -2.66. The second-order valence-electron chi connectivity index (χ2n) is 6.53. The maximum Gasteiger partial charge on any atom is 0.450 e. The van der Waals surface area contributed by atoms with Crippen molar-refractivity contribution in [3.8, 4) is 0 Å². The molecule has 2 aromatic rings. The third-order valence-electron chi connectivity index (χ3n) is 4.48. The van der Waals surface area contributed by atoms with Crippen LogP contribution < -0.4 is 0 Å². The highest BCUT2D eigenvalue weighted by atomic mass is 19.4. The van der Waals surface area contributed by atoms with Crippen molar-refractivity contribution >= 4 is 11.4 Å². The van der Waals surface area contributed by atoms with Gasteiger partial charge in [-0.3, -0.25) is 4.79 Å². The van der Waals surface area contributed by atoms with Gasteiger partial charge >= 0.3 is 6.18 Å². The summed E-state index contributed by atoms with van der Waals surface area (Å²) in [7, 11) is 0. The fourth-order valence-corrected chi connectivity index (χ4v) is 3.08. The number of rotatable bonds is 6. The number of hydrogen-bond donors (Lipinski definition) is 0. The molecular formula is C22H19F3O2. The molecule has 27 heavy (non-hydrogen) atoms. The first-order valence-corrected chi connectivity index (χ1v) is 8.60. The van der Waals surface area contributed by atoms with E-state index in [1.807, 2.05) is 66.7 Å².